The van der Waals surface area contributed by atoms with Crippen LogP contribution in [0.2, 0.25) is 0 Å². The first-order chi connectivity index (χ1) is 8.01. The zero-order valence-electron chi connectivity index (χ0n) is 9.26. The van der Waals surface area contributed by atoms with Crippen molar-refractivity contribution in [3.63, 3.8) is 0 Å². The van der Waals surface area contributed by atoms with Crippen LogP contribution in [0.3, 0.4) is 0 Å². The van der Waals surface area contributed by atoms with Gasteiger partial charge in [-0.3, -0.25) is 4.68 Å². The number of alkyl halides is 6. The van der Waals surface area contributed by atoms with E-state index in [9.17, 15) is 26.3 Å². The van der Waals surface area contributed by atoms with E-state index in [0.717, 1.165) is 0 Å². The SMILES string of the molecule is Cn1cc(CC(N)C(C(F)(F)F)C(F)(F)F)cn1. The Morgan fingerprint density at radius 3 is 2.06 bits per heavy atom. The minimum absolute atomic E-state index is 0.225. The van der Waals surface area contributed by atoms with Crippen LogP contribution in [0.4, 0.5) is 26.3 Å². The molecule has 0 saturated heterocycles. The molecule has 104 valence electrons. The molecule has 0 saturated carbocycles. The van der Waals surface area contributed by atoms with Gasteiger partial charge in [0.15, 0.2) is 5.92 Å². The van der Waals surface area contributed by atoms with Crippen LogP contribution in [0.15, 0.2) is 12.4 Å². The summed E-state index contributed by atoms with van der Waals surface area (Å²) in [7, 11) is 1.50. The van der Waals surface area contributed by atoms with E-state index in [4.69, 9.17) is 5.73 Å². The highest BCUT2D eigenvalue weighted by Crippen LogP contribution is 2.41. The number of aromatic nitrogens is 2. The standard InChI is InChI=1S/C9H11F6N3/c1-18-4-5(3-17-18)2-6(16)7(8(10,11)12)9(13,14)15/h3-4,6-7H,2,16H2,1H3. The number of nitrogens with zero attached hydrogens (tertiary/aromatic N) is 2. The van der Waals surface area contributed by atoms with E-state index in [2.05, 4.69) is 5.10 Å². The van der Waals surface area contributed by atoms with Crippen molar-refractivity contribution in [1.29, 1.82) is 0 Å². The van der Waals surface area contributed by atoms with Gasteiger partial charge in [-0.15, -0.1) is 0 Å². The monoisotopic (exact) mass is 275 g/mol. The molecular formula is C9H11F6N3. The summed E-state index contributed by atoms with van der Waals surface area (Å²) in [6.45, 7) is 0. The molecule has 0 fully saturated rings. The van der Waals surface area contributed by atoms with Gasteiger partial charge in [-0.25, -0.2) is 0 Å². The maximum absolute atomic E-state index is 12.4. The molecule has 0 bridgehead atoms. The number of hydrogen-bond donors (Lipinski definition) is 1. The third-order valence-electron chi connectivity index (χ3n) is 2.36. The molecule has 0 amide bonds. The fourth-order valence-electron chi connectivity index (χ4n) is 1.64. The molecule has 0 aliphatic carbocycles. The Bertz CT molecular complexity index is 380. The van der Waals surface area contributed by atoms with Crippen LogP contribution in [0, 0.1) is 5.92 Å². The first-order valence-electron chi connectivity index (χ1n) is 4.88. The highest BCUT2D eigenvalue weighted by Gasteiger charge is 2.59. The van der Waals surface area contributed by atoms with Crippen LogP contribution < -0.4 is 5.73 Å². The summed E-state index contributed by atoms with van der Waals surface area (Å²) in [6, 6.07) is -2.09. The zero-order chi connectivity index (χ0) is 14.1. The lowest BCUT2D eigenvalue weighted by molar-refractivity contribution is -0.289. The molecule has 2 N–H and O–H groups in total. The van der Waals surface area contributed by atoms with Crippen LogP contribution in [0.5, 0.6) is 0 Å². The number of halogens is 6. The quantitative estimate of drug-likeness (QED) is 0.858. The second kappa shape index (κ2) is 4.79. The smallest absolute Gasteiger partial charge is 0.327 e. The second-order valence-corrected chi connectivity index (χ2v) is 3.95. The Kier molecular flexibility index (Phi) is 3.94. The van der Waals surface area contributed by atoms with Gasteiger partial charge in [0, 0.05) is 19.3 Å². The van der Waals surface area contributed by atoms with Crippen LogP contribution in [0.25, 0.3) is 0 Å². The Morgan fingerprint density at radius 1 is 1.22 bits per heavy atom. The van der Waals surface area contributed by atoms with Gasteiger partial charge < -0.3 is 5.73 Å². The molecule has 0 radical (unpaired) electrons. The van der Waals surface area contributed by atoms with Gasteiger partial charge in [-0.05, 0) is 12.0 Å². The Morgan fingerprint density at radius 2 is 1.72 bits per heavy atom. The average molecular weight is 275 g/mol. The number of nitrogens with two attached hydrogens (primary N) is 1. The molecule has 1 aromatic rings. The molecule has 0 aliphatic heterocycles. The van der Waals surface area contributed by atoms with Gasteiger partial charge in [0.1, 0.15) is 0 Å². The third kappa shape index (κ3) is 3.62. The van der Waals surface area contributed by atoms with E-state index in [0.29, 0.717) is 0 Å². The van der Waals surface area contributed by atoms with E-state index in [-0.39, 0.29) is 5.56 Å². The van der Waals surface area contributed by atoms with Gasteiger partial charge in [0.05, 0.1) is 6.20 Å². The molecular weight excluding hydrogens is 264 g/mol. The predicted octanol–water partition coefficient (Wildman–Crippen LogP) is 2.03. The second-order valence-electron chi connectivity index (χ2n) is 3.95. The first kappa shape index (κ1) is 14.8. The van der Waals surface area contributed by atoms with Gasteiger partial charge in [0.2, 0.25) is 0 Å². The Labute approximate surface area is 98.6 Å². The lowest BCUT2D eigenvalue weighted by atomic mass is 9.94. The third-order valence-corrected chi connectivity index (χ3v) is 2.36. The highest BCUT2D eigenvalue weighted by atomic mass is 19.4. The van der Waals surface area contributed by atoms with Gasteiger partial charge >= 0.3 is 12.4 Å². The van der Waals surface area contributed by atoms with Gasteiger partial charge in [0.25, 0.3) is 0 Å². The molecule has 3 nitrogen and oxygen atoms in total. The number of aryl methyl sites for hydroxylation is 1. The van der Waals surface area contributed by atoms with E-state index >= 15 is 0 Å². The average Bonchev–Trinajstić information content (AvgIpc) is 2.44. The Hall–Kier alpha value is -1.25. The maximum Gasteiger partial charge on any atom is 0.402 e. The van der Waals surface area contributed by atoms with Gasteiger partial charge in [-0.1, -0.05) is 0 Å². The fraction of sp³-hybridized carbons (Fsp3) is 0.667. The molecule has 0 spiro atoms. The summed E-state index contributed by atoms with van der Waals surface area (Å²) in [5.41, 5.74) is 5.28. The van der Waals surface area contributed by atoms with Crippen molar-refractivity contribution < 1.29 is 26.3 Å². The summed E-state index contributed by atoms with van der Waals surface area (Å²) in [4.78, 5) is 0. The van der Waals surface area contributed by atoms with E-state index < -0.39 is 30.7 Å². The molecule has 18 heavy (non-hydrogen) atoms. The van der Waals surface area contributed by atoms with Crippen LogP contribution >= 0.6 is 0 Å². The number of rotatable bonds is 3. The van der Waals surface area contributed by atoms with Crippen molar-refractivity contribution in [2.24, 2.45) is 18.7 Å². The molecule has 0 aliphatic rings. The minimum Gasteiger partial charge on any atom is -0.327 e. The van der Waals surface area contributed by atoms with Crippen molar-refractivity contribution >= 4 is 0 Å². The molecule has 1 aromatic heterocycles. The van der Waals surface area contributed by atoms with Crippen molar-refractivity contribution in [3.05, 3.63) is 18.0 Å². The topological polar surface area (TPSA) is 43.8 Å². The highest BCUT2D eigenvalue weighted by molar-refractivity contribution is 5.07. The van der Waals surface area contributed by atoms with Crippen molar-refractivity contribution in [1.82, 2.24) is 9.78 Å². The summed E-state index contributed by atoms with van der Waals surface area (Å²) >= 11 is 0. The predicted molar refractivity (Wildman–Crippen MR) is 50.5 cm³/mol. The molecule has 1 heterocycles. The van der Waals surface area contributed by atoms with Crippen molar-refractivity contribution in [3.8, 4) is 0 Å². The van der Waals surface area contributed by atoms with Crippen molar-refractivity contribution in [2.45, 2.75) is 24.8 Å². The van der Waals surface area contributed by atoms with Crippen LogP contribution in [-0.4, -0.2) is 28.2 Å². The summed E-state index contributed by atoms with van der Waals surface area (Å²) < 4.78 is 75.4. The van der Waals surface area contributed by atoms with Crippen molar-refractivity contribution in [2.75, 3.05) is 0 Å². The van der Waals surface area contributed by atoms with E-state index in [1.807, 2.05) is 0 Å². The summed E-state index contributed by atoms with van der Waals surface area (Å²) in [6.07, 6.45) is -8.87. The normalized spacial score (nSPS) is 15.2. The summed E-state index contributed by atoms with van der Waals surface area (Å²) in [5.74, 6) is -3.54. The zero-order valence-corrected chi connectivity index (χ0v) is 9.26. The molecule has 0 aromatic carbocycles. The van der Waals surface area contributed by atoms with E-state index in [1.54, 1.807) is 0 Å². The molecule has 1 unspecified atom stereocenters. The maximum atomic E-state index is 12.4. The first-order valence-corrected chi connectivity index (χ1v) is 4.88. The Balaban J connectivity index is 2.87. The molecule has 1 rings (SSSR count). The number of hydrogen-bond acceptors (Lipinski definition) is 2. The lowest BCUT2D eigenvalue weighted by Crippen LogP contribution is -2.49. The largest absolute Gasteiger partial charge is 0.402 e. The lowest BCUT2D eigenvalue weighted by Gasteiger charge is -2.27. The van der Waals surface area contributed by atoms with E-state index in [1.165, 1.54) is 24.1 Å². The minimum atomic E-state index is -5.42. The fourth-order valence-corrected chi connectivity index (χ4v) is 1.64. The summed E-state index contributed by atoms with van der Waals surface area (Å²) in [5, 5.41) is 3.65. The molecule has 1 atom stereocenters. The van der Waals surface area contributed by atoms with Crippen LogP contribution in [-0.2, 0) is 13.5 Å². The molecule has 9 heteroatoms. The van der Waals surface area contributed by atoms with Gasteiger partial charge in [-0.2, -0.15) is 31.4 Å². The van der Waals surface area contributed by atoms with Crippen LogP contribution in [0.1, 0.15) is 5.56 Å².